The number of rotatable bonds is 6. The highest BCUT2D eigenvalue weighted by Gasteiger charge is 2.35. The molecule has 0 aliphatic heterocycles. The lowest BCUT2D eigenvalue weighted by Crippen LogP contribution is -2.21. The van der Waals surface area contributed by atoms with Gasteiger partial charge < -0.3 is 20.4 Å². The molecule has 0 radical (unpaired) electrons. The highest BCUT2D eigenvalue weighted by Crippen LogP contribution is 2.50. The van der Waals surface area contributed by atoms with Crippen molar-refractivity contribution in [1.29, 1.82) is 0 Å². The Balaban J connectivity index is 1.98. The van der Waals surface area contributed by atoms with E-state index in [1.54, 1.807) is 0 Å². The molecule has 0 amide bonds. The zero-order valence-electron chi connectivity index (χ0n) is 46.9. The van der Waals surface area contributed by atoms with Gasteiger partial charge in [0.1, 0.15) is 23.0 Å². The minimum absolute atomic E-state index is 0.254. The van der Waals surface area contributed by atoms with Crippen molar-refractivity contribution in [2.24, 2.45) is 0 Å². The van der Waals surface area contributed by atoms with Gasteiger partial charge in [0.15, 0.2) is 0 Å². The van der Waals surface area contributed by atoms with Crippen LogP contribution in [0.25, 0.3) is 0 Å². The lowest BCUT2D eigenvalue weighted by Gasteiger charge is -2.33. The van der Waals surface area contributed by atoms with E-state index in [2.05, 4.69) is 239 Å². The summed E-state index contributed by atoms with van der Waals surface area (Å²) >= 11 is 0. The quantitative estimate of drug-likeness (QED) is 0.128. The Morgan fingerprint density at radius 1 is 0.221 bits per heavy atom. The van der Waals surface area contributed by atoms with E-state index in [0.29, 0.717) is 23.0 Å². The van der Waals surface area contributed by atoms with Crippen molar-refractivity contribution in [3.05, 3.63) is 151 Å². The molecule has 0 heterocycles. The first-order valence-electron chi connectivity index (χ1n) is 25.1. The highest BCUT2D eigenvalue weighted by molar-refractivity contribution is 5.61. The van der Waals surface area contributed by atoms with Crippen molar-refractivity contribution in [2.75, 3.05) is 0 Å². The molecule has 0 fully saturated rings. The first-order chi connectivity index (χ1) is 30.5. The molecule has 68 heavy (non-hydrogen) atoms. The molecule has 0 saturated carbocycles. The van der Waals surface area contributed by atoms with Gasteiger partial charge in [-0.3, -0.25) is 0 Å². The predicted molar refractivity (Wildman–Crippen MR) is 290 cm³/mol. The summed E-state index contributed by atoms with van der Waals surface area (Å²) in [6, 6.07) is 26.8. The molecule has 0 atom stereocenters. The zero-order chi connectivity index (χ0) is 52.0. The van der Waals surface area contributed by atoms with Crippen molar-refractivity contribution in [3.63, 3.8) is 0 Å². The molecule has 5 rings (SSSR count). The van der Waals surface area contributed by atoms with E-state index < -0.39 is 0 Å². The fourth-order valence-electron chi connectivity index (χ4n) is 9.90. The Morgan fingerprint density at radius 3 is 0.441 bits per heavy atom. The first kappa shape index (κ1) is 54.2. The summed E-state index contributed by atoms with van der Waals surface area (Å²) in [6.45, 7) is 51.9. The van der Waals surface area contributed by atoms with Crippen LogP contribution in [0.3, 0.4) is 0 Å². The van der Waals surface area contributed by atoms with Crippen LogP contribution in [0, 0.1) is 0 Å². The number of phenolic OH excluding ortho intramolecular Hbond substituents is 4. The number of hydrogen-bond acceptors (Lipinski definition) is 4. The minimum atomic E-state index is -0.340. The molecule has 0 aromatic heterocycles. The number of phenols is 4. The average Bonchev–Trinajstić information content (AvgIpc) is 3.14. The van der Waals surface area contributed by atoms with Crippen molar-refractivity contribution < 1.29 is 20.4 Å². The van der Waals surface area contributed by atoms with Gasteiger partial charge in [0, 0.05) is 11.8 Å². The maximum absolute atomic E-state index is 12.0. The normalized spacial score (nSPS) is 13.8. The van der Waals surface area contributed by atoms with E-state index in [0.717, 1.165) is 77.9 Å². The van der Waals surface area contributed by atoms with E-state index in [9.17, 15) is 20.4 Å². The van der Waals surface area contributed by atoms with Crippen LogP contribution in [0.1, 0.15) is 256 Å². The van der Waals surface area contributed by atoms with Crippen LogP contribution < -0.4 is 0 Å². The van der Waals surface area contributed by atoms with Gasteiger partial charge in [-0.05, 0) is 121 Å². The number of aromatic hydroxyl groups is 4. The molecule has 4 N–H and O–H groups in total. The van der Waals surface area contributed by atoms with E-state index in [1.165, 1.54) is 0 Å². The van der Waals surface area contributed by atoms with Crippen LogP contribution in [0.5, 0.6) is 23.0 Å². The van der Waals surface area contributed by atoms with Crippen LogP contribution in [-0.2, 0) is 43.3 Å². The Hall–Kier alpha value is -4.70. The molecular formula is C64H90O4. The van der Waals surface area contributed by atoms with Crippen LogP contribution in [-0.4, -0.2) is 20.4 Å². The van der Waals surface area contributed by atoms with E-state index in [-0.39, 0.29) is 55.2 Å². The topological polar surface area (TPSA) is 80.9 Å². The second-order valence-corrected chi connectivity index (χ2v) is 28.4. The van der Waals surface area contributed by atoms with Crippen molar-refractivity contribution in [2.45, 2.75) is 221 Å². The van der Waals surface area contributed by atoms with Crippen LogP contribution >= 0.6 is 0 Å². The maximum Gasteiger partial charge on any atom is 0.123 e. The summed E-state index contributed by atoms with van der Waals surface area (Å²) < 4.78 is 0. The fourth-order valence-corrected chi connectivity index (χ4v) is 9.90. The smallest absolute Gasteiger partial charge is 0.123 e. The average molecular weight is 923 g/mol. The second-order valence-electron chi connectivity index (χ2n) is 28.4. The van der Waals surface area contributed by atoms with E-state index >= 15 is 0 Å². The van der Waals surface area contributed by atoms with Crippen molar-refractivity contribution in [1.82, 2.24) is 0 Å². The van der Waals surface area contributed by atoms with Gasteiger partial charge in [-0.15, -0.1) is 0 Å². The predicted octanol–water partition coefficient (Wildman–Crippen LogP) is 17.2. The third kappa shape index (κ3) is 11.2. The SMILES string of the molecule is CC(C)(C)c1cc(C(c2ccc(C(c3cc(C(C)(C)C)c(O)c(C(C)(C)C)c3)c3cc(C(C)(C)C)c(O)c(C(C)(C)C)c3)cc2)c2cc(C(C)(C)C)c(O)c(C(C)(C)C)c2)cc(C(C)(C)C)c1O. The molecular weight excluding hydrogens is 833 g/mol. The summed E-state index contributed by atoms with van der Waals surface area (Å²) in [5, 5.41) is 48.0. The summed E-state index contributed by atoms with van der Waals surface area (Å²) in [4.78, 5) is 0. The van der Waals surface area contributed by atoms with E-state index in [1.807, 2.05) is 0 Å². The maximum atomic E-state index is 12.0. The Kier molecular flexibility index (Phi) is 14.0. The third-order valence-corrected chi connectivity index (χ3v) is 13.9. The molecule has 5 aromatic rings. The third-order valence-electron chi connectivity index (χ3n) is 13.9. The van der Waals surface area contributed by atoms with Gasteiger partial charge in [-0.2, -0.15) is 0 Å². The summed E-state index contributed by atoms with van der Waals surface area (Å²) in [7, 11) is 0. The lowest BCUT2D eigenvalue weighted by molar-refractivity contribution is 0.420. The van der Waals surface area contributed by atoms with Crippen LogP contribution in [0.4, 0.5) is 0 Å². The minimum Gasteiger partial charge on any atom is -0.507 e. The number of benzene rings is 5. The molecule has 4 heteroatoms. The van der Waals surface area contributed by atoms with Crippen molar-refractivity contribution in [3.8, 4) is 23.0 Å². The molecule has 0 unspecified atom stereocenters. The fraction of sp³-hybridized carbons (Fsp3) is 0.531. The Bertz CT molecular complexity index is 2160. The summed E-state index contributed by atoms with van der Waals surface area (Å²) in [5.74, 6) is 0.875. The Morgan fingerprint density at radius 2 is 0.338 bits per heavy atom. The molecule has 370 valence electrons. The van der Waals surface area contributed by atoms with Gasteiger partial charge in [0.2, 0.25) is 0 Å². The molecule has 4 nitrogen and oxygen atoms in total. The summed E-state index contributed by atoms with van der Waals surface area (Å²) in [5.41, 5.74) is 11.0. The molecule has 0 saturated heterocycles. The molecule has 0 aliphatic carbocycles. The molecule has 0 spiro atoms. The van der Waals surface area contributed by atoms with Gasteiger partial charge in [-0.1, -0.05) is 239 Å². The summed E-state index contributed by atoms with van der Waals surface area (Å²) in [6.07, 6.45) is 0. The van der Waals surface area contributed by atoms with E-state index in [4.69, 9.17) is 0 Å². The largest absolute Gasteiger partial charge is 0.507 e. The molecule has 0 bridgehead atoms. The van der Waals surface area contributed by atoms with Crippen LogP contribution in [0.15, 0.2) is 72.8 Å². The second kappa shape index (κ2) is 17.6. The number of hydrogen-bond donors (Lipinski definition) is 4. The molecule has 0 aliphatic rings. The van der Waals surface area contributed by atoms with Crippen LogP contribution in [0.2, 0.25) is 0 Å². The zero-order valence-corrected chi connectivity index (χ0v) is 46.9. The van der Waals surface area contributed by atoms with Crippen molar-refractivity contribution >= 4 is 0 Å². The standard InChI is InChI=1S/C64H90O4/c1-57(2,3)43-29-39(30-44(53(43)65)58(4,5)6)51(40-31-45(59(7,8)9)54(66)46(32-40)60(10,11)12)37-25-27-38(28-26-37)52(41-33-47(61(13,14)15)55(67)48(34-41)62(16,17)18)42-35-49(63(19,20)21)56(68)50(36-42)64(22,23)24/h25-36,51-52,65-68H,1-24H3. The lowest BCUT2D eigenvalue weighted by atomic mass is 9.72. The van der Waals surface area contributed by atoms with Gasteiger partial charge >= 0.3 is 0 Å². The Labute approximate surface area is 413 Å². The molecule has 5 aromatic carbocycles. The monoisotopic (exact) mass is 923 g/mol. The highest BCUT2D eigenvalue weighted by atomic mass is 16.3. The van der Waals surface area contributed by atoms with Gasteiger partial charge in [-0.25, -0.2) is 0 Å². The van der Waals surface area contributed by atoms with Gasteiger partial charge in [0.25, 0.3) is 0 Å². The van der Waals surface area contributed by atoms with Gasteiger partial charge in [0.05, 0.1) is 0 Å². The first-order valence-corrected chi connectivity index (χ1v) is 25.1.